The Bertz CT molecular complexity index is 366. The van der Waals surface area contributed by atoms with Crippen molar-refractivity contribution in [3.05, 3.63) is 11.6 Å². The van der Waals surface area contributed by atoms with Crippen molar-refractivity contribution in [3.63, 3.8) is 0 Å². The van der Waals surface area contributed by atoms with E-state index in [1.165, 1.54) is 5.57 Å². The minimum Gasteiger partial charge on any atom is -0.463 e. The maximum atomic E-state index is 11.6. The number of esters is 1. The Kier molecular flexibility index (Phi) is 6.01. The first kappa shape index (κ1) is 17.4. The highest BCUT2D eigenvalue weighted by molar-refractivity contribution is 6.74. The Hall–Kier alpha value is -0.613. The Labute approximate surface area is 124 Å². The molecule has 4 heteroatoms. The van der Waals surface area contributed by atoms with Gasteiger partial charge in [0.05, 0.1) is 6.61 Å². The lowest BCUT2D eigenvalue weighted by molar-refractivity contribution is -0.137. The molecule has 1 aliphatic rings. The maximum absolute atomic E-state index is 11.6. The molecule has 1 saturated carbocycles. The summed E-state index contributed by atoms with van der Waals surface area (Å²) in [6.45, 7) is 14.3. The predicted octanol–water partition coefficient (Wildman–Crippen LogP) is 4.30. The van der Waals surface area contributed by atoms with Crippen molar-refractivity contribution < 1.29 is 14.0 Å². The van der Waals surface area contributed by atoms with Gasteiger partial charge in [-0.1, -0.05) is 26.3 Å². The molecule has 0 amide bonds. The Morgan fingerprint density at radius 2 is 2.05 bits per heavy atom. The second-order valence-corrected chi connectivity index (χ2v) is 11.9. The van der Waals surface area contributed by atoms with Crippen LogP contribution in [0.25, 0.3) is 0 Å². The van der Waals surface area contributed by atoms with Crippen molar-refractivity contribution in [3.8, 4) is 0 Å². The average Bonchev–Trinajstić information content (AvgIpc) is 2.72. The van der Waals surface area contributed by atoms with Crippen molar-refractivity contribution in [2.24, 2.45) is 5.92 Å². The Balaban J connectivity index is 2.61. The van der Waals surface area contributed by atoms with E-state index in [-0.39, 0.29) is 11.0 Å². The van der Waals surface area contributed by atoms with E-state index >= 15 is 0 Å². The monoisotopic (exact) mass is 298 g/mol. The van der Waals surface area contributed by atoms with E-state index in [0.717, 1.165) is 25.9 Å². The number of hydrogen-bond acceptors (Lipinski definition) is 3. The summed E-state index contributed by atoms with van der Waals surface area (Å²) >= 11 is 0. The number of hydrogen-bond donors (Lipinski definition) is 0. The van der Waals surface area contributed by atoms with Gasteiger partial charge in [0.15, 0.2) is 8.32 Å². The molecule has 0 aromatic carbocycles. The largest absolute Gasteiger partial charge is 0.463 e. The molecule has 0 bridgehead atoms. The summed E-state index contributed by atoms with van der Waals surface area (Å²) < 4.78 is 11.3. The van der Waals surface area contributed by atoms with Crippen LogP contribution in [0.2, 0.25) is 18.1 Å². The lowest BCUT2D eigenvalue weighted by Crippen LogP contribution is -2.41. The standard InChI is InChI=1S/C16H30O3Si/c1-7-18-15(17)11-13-9-8-10-14(13)12-19-20(5,6)16(2,3)4/h11,14H,7-10,12H2,1-6H3/b13-11-. The van der Waals surface area contributed by atoms with Gasteiger partial charge < -0.3 is 9.16 Å². The van der Waals surface area contributed by atoms with Crippen LogP contribution in [-0.4, -0.2) is 27.5 Å². The molecule has 0 N–H and O–H groups in total. The molecule has 1 unspecified atom stereocenters. The molecule has 0 aliphatic heterocycles. The van der Waals surface area contributed by atoms with Crippen LogP contribution in [0.15, 0.2) is 11.6 Å². The fourth-order valence-electron chi connectivity index (χ4n) is 2.18. The number of carbonyl (C=O) groups excluding carboxylic acids is 1. The molecular weight excluding hydrogens is 268 g/mol. The van der Waals surface area contributed by atoms with Gasteiger partial charge in [-0.05, 0) is 44.3 Å². The molecule has 0 aromatic rings. The summed E-state index contributed by atoms with van der Waals surface area (Å²) in [7, 11) is -1.70. The highest BCUT2D eigenvalue weighted by Gasteiger charge is 2.38. The number of ether oxygens (including phenoxy) is 1. The molecule has 0 aromatic heterocycles. The maximum Gasteiger partial charge on any atom is 0.330 e. The molecule has 1 atom stereocenters. The van der Waals surface area contributed by atoms with Gasteiger partial charge in [0.25, 0.3) is 0 Å². The SMILES string of the molecule is CCOC(=O)/C=C1/CCCC1CO[Si](C)(C)C(C)(C)C. The molecule has 0 spiro atoms. The van der Waals surface area contributed by atoms with E-state index in [2.05, 4.69) is 33.9 Å². The topological polar surface area (TPSA) is 35.5 Å². The van der Waals surface area contributed by atoms with Crippen LogP contribution < -0.4 is 0 Å². The van der Waals surface area contributed by atoms with E-state index in [1.807, 2.05) is 6.92 Å². The van der Waals surface area contributed by atoms with Crippen molar-refractivity contribution >= 4 is 14.3 Å². The van der Waals surface area contributed by atoms with Crippen LogP contribution in [0.1, 0.15) is 47.0 Å². The molecule has 1 fully saturated rings. The minimum absolute atomic E-state index is 0.207. The third-order valence-electron chi connectivity index (χ3n) is 4.58. The molecule has 1 aliphatic carbocycles. The van der Waals surface area contributed by atoms with Crippen LogP contribution >= 0.6 is 0 Å². The summed E-state index contributed by atoms with van der Waals surface area (Å²) in [5, 5.41) is 0.233. The van der Waals surface area contributed by atoms with E-state index in [4.69, 9.17) is 9.16 Å². The zero-order chi connectivity index (χ0) is 15.4. The van der Waals surface area contributed by atoms with E-state index in [1.54, 1.807) is 6.08 Å². The minimum atomic E-state index is -1.70. The molecule has 0 heterocycles. The highest BCUT2D eigenvalue weighted by atomic mass is 28.4. The molecular formula is C16H30O3Si. The van der Waals surface area contributed by atoms with Crippen molar-refractivity contribution in [2.45, 2.75) is 65.1 Å². The van der Waals surface area contributed by atoms with Crippen LogP contribution in [0.5, 0.6) is 0 Å². The van der Waals surface area contributed by atoms with Crippen LogP contribution in [0.3, 0.4) is 0 Å². The van der Waals surface area contributed by atoms with Crippen molar-refractivity contribution in [1.29, 1.82) is 0 Å². The van der Waals surface area contributed by atoms with Gasteiger partial charge in [-0.3, -0.25) is 0 Å². The van der Waals surface area contributed by atoms with Gasteiger partial charge in [-0.25, -0.2) is 4.79 Å². The molecule has 3 nitrogen and oxygen atoms in total. The van der Waals surface area contributed by atoms with Gasteiger partial charge in [-0.2, -0.15) is 0 Å². The smallest absolute Gasteiger partial charge is 0.330 e. The van der Waals surface area contributed by atoms with Crippen LogP contribution in [0, 0.1) is 5.92 Å². The zero-order valence-corrected chi connectivity index (χ0v) is 14.9. The van der Waals surface area contributed by atoms with Crippen LogP contribution in [-0.2, 0) is 14.0 Å². The number of carbonyl (C=O) groups is 1. The van der Waals surface area contributed by atoms with Crippen molar-refractivity contribution in [2.75, 3.05) is 13.2 Å². The summed E-state index contributed by atoms with van der Waals surface area (Å²) in [6, 6.07) is 0. The van der Waals surface area contributed by atoms with E-state index in [9.17, 15) is 4.79 Å². The molecule has 1 rings (SSSR count). The second kappa shape index (κ2) is 6.90. The fourth-order valence-corrected chi connectivity index (χ4v) is 3.23. The first-order valence-corrected chi connectivity index (χ1v) is 10.6. The normalized spacial score (nSPS) is 22.3. The third-order valence-corrected chi connectivity index (χ3v) is 9.08. The van der Waals surface area contributed by atoms with Gasteiger partial charge in [0.2, 0.25) is 0 Å². The summed E-state index contributed by atoms with van der Waals surface area (Å²) in [6.07, 6.45) is 4.97. The molecule has 20 heavy (non-hydrogen) atoms. The van der Waals surface area contributed by atoms with Crippen LogP contribution in [0.4, 0.5) is 0 Å². The van der Waals surface area contributed by atoms with Gasteiger partial charge in [0, 0.05) is 18.6 Å². The molecule has 0 saturated heterocycles. The average molecular weight is 298 g/mol. The highest BCUT2D eigenvalue weighted by Crippen LogP contribution is 2.38. The third kappa shape index (κ3) is 4.74. The zero-order valence-electron chi connectivity index (χ0n) is 13.9. The Morgan fingerprint density at radius 3 is 2.60 bits per heavy atom. The van der Waals surface area contributed by atoms with E-state index in [0.29, 0.717) is 12.5 Å². The Morgan fingerprint density at radius 1 is 1.40 bits per heavy atom. The van der Waals surface area contributed by atoms with Gasteiger partial charge in [-0.15, -0.1) is 0 Å². The second-order valence-electron chi connectivity index (χ2n) is 7.13. The summed E-state index contributed by atoms with van der Waals surface area (Å²) in [4.78, 5) is 11.6. The molecule has 0 radical (unpaired) electrons. The first-order valence-electron chi connectivity index (χ1n) is 7.68. The molecule has 116 valence electrons. The summed E-state index contributed by atoms with van der Waals surface area (Å²) in [5.74, 6) is 0.190. The lowest BCUT2D eigenvalue weighted by Gasteiger charge is -2.37. The number of rotatable bonds is 5. The fraction of sp³-hybridized carbons (Fsp3) is 0.812. The lowest BCUT2D eigenvalue weighted by atomic mass is 10.0. The quantitative estimate of drug-likeness (QED) is 0.431. The van der Waals surface area contributed by atoms with Gasteiger partial charge >= 0.3 is 5.97 Å². The predicted molar refractivity (Wildman–Crippen MR) is 85.2 cm³/mol. The van der Waals surface area contributed by atoms with Gasteiger partial charge in [0.1, 0.15) is 0 Å². The summed E-state index contributed by atoms with van der Waals surface area (Å²) in [5.41, 5.74) is 1.21. The van der Waals surface area contributed by atoms with E-state index < -0.39 is 8.32 Å². The van der Waals surface area contributed by atoms with Crippen molar-refractivity contribution in [1.82, 2.24) is 0 Å². The first-order chi connectivity index (χ1) is 9.17.